The summed E-state index contributed by atoms with van der Waals surface area (Å²) in [4.78, 5) is 11.1. The molecule has 1 aromatic heterocycles. The number of pyridine rings is 1. The highest BCUT2D eigenvalue weighted by atomic mass is 16.1. The average Bonchev–Trinajstić information content (AvgIpc) is 2.62. The molecule has 1 aliphatic rings. The van der Waals surface area contributed by atoms with Crippen LogP contribution in [0.15, 0.2) is 23.1 Å². The molecule has 0 saturated carbocycles. The van der Waals surface area contributed by atoms with Gasteiger partial charge in [0.1, 0.15) is 7.28 Å². The summed E-state index contributed by atoms with van der Waals surface area (Å²) in [5.74, 6) is 0.701. The van der Waals surface area contributed by atoms with Gasteiger partial charge in [-0.3, -0.25) is 4.79 Å². The molecule has 0 aromatic carbocycles. The van der Waals surface area contributed by atoms with Crippen molar-refractivity contribution in [2.45, 2.75) is 25.0 Å². The van der Waals surface area contributed by atoms with E-state index in [1.165, 1.54) is 32.0 Å². The molecule has 3 heteroatoms. The molecule has 1 atom stereocenters. The zero-order valence-corrected chi connectivity index (χ0v) is 7.99. The van der Waals surface area contributed by atoms with Gasteiger partial charge in [-0.1, -0.05) is 25.2 Å². The zero-order chi connectivity index (χ0) is 9.26. The van der Waals surface area contributed by atoms with E-state index < -0.39 is 0 Å². The summed E-state index contributed by atoms with van der Waals surface area (Å²) >= 11 is 0. The van der Waals surface area contributed by atoms with Crippen molar-refractivity contribution in [2.24, 2.45) is 7.05 Å². The van der Waals surface area contributed by atoms with Gasteiger partial charge in [0.05, 0.1) is 0 Å². The van der Waals surface area contributed by atoms with E-state index in [1.807, 2.05) is 19.3 Å². The lowest BCUT2D eigenvalue weighted by Crippen LogP contribution is -2.16. The number of aryl methyl sites for hydroxylation is 1. The first-order valence-electron chi connectivity index (χ1n) is 4.94. The van der Waals surface area contributed by atoms with Crippen LogP contribution in [0.3, 0.4) is 0 Å². The Labute approximate surface area is 78.8 Å². The van der Waals surface area contributed by atoms with Crippen molar-refractivity contribution < 1.29 is 0 Å². The third-order valence-electron chi connectivity index (χ3n) is 2.94. The van der Waals surface area contributed by atoms with Gasteiger partial charge in [-0.05, 0) is 11.4 Å². The molecule has 2 rings (SSSR count). The maximum absolute atomic E-state index is 11.1. The Balaban J connectivity index is 2.30. The predicted octanol–water partition coefficient (Wildman–Crippen LogP) is 1.07. The highest BCUT2D eigenvalue weighted by Gasteiger charge is 2.18. The predicted molar refractivity (Wildman–Crippen MR) is 55.6 cm³/mol. The Hall–Kier alpha value is -0.985. The normalized spacial score (nSPS) is 21.5. The lowest BCUT2D eigenvalue weighted by Gasteiger charge is -2.09. The van der Waals surface area contributed by atoms with Crippen LogP contribution in [-0.2, 0) is 7.05 Å². The van der Waals surface area contributed by atoms with Crippen LogP contribution in [0.4, 0.5) is 0 Å². The number of aromatic nitrogens is 1. The molecular weight excluding hydrogens is 161 g/mol. The fourth-order valence-electron chi connectivity index (χ4n) is 2.12. The molecule has 2 nitrogen and oxygen atoms in total. The third kappa shape index (κ3) is 1.69. The summed E-state index contributed by atoms with van der Waals surface area (Å²) in [6.45, 7) is 0. The van der Waals surface area contributed by atoms with Gasteiger partial charge in [0.25, 0.3) is 0 Å². The molecule has 2 heterocycles. The van der Waals surface area contributed by atoms with Gasteiger partial charge >= 0.3 is 0 Å². The van der Waals surface area contributed by atoms with Gasteiger partial charge in [-0.15, -0.1) is 0 Å². The fourth-order valence-corrected chi connectivity index (χ4v) is 2.12. The second kappa shape index (κ2) is 3.40. The molecule has 1 unspecified atom stereocenters. The van der Waals surface area contributed by atoms with Crippen LogP contribution in [-0.4, -0.2) is 11.8 Å². The number of hydrogen-bond acceptors (Lipinski definition) is 1. The molecule has 1 aliphatic heterocycles. The molecule has 1 saturated heterocycles. The smallest absolute Gasteiger partial charge is 0.250 e. The Morgan fingerprint density at radius 3 is 3.00 bits per heavy atom. The highest BCUT2D eigenvalue weighted by molar-refractivity contribution is 6.38. The lowest BCUT2D eigenvalue weighted by atomic mass is 9.65. The summed E-state index contributed by atoms with van der Waals surface area (Å²) in [5.41, 5.74) is 1.42. The topological polar surface area (TPSA) is 22.0 Å². The standard InChI is InChI=1S/C10H14BNO/c1-12-7-8(4-5-10(12)13)9-3-2-6-11-9/h4-5,7,9,11H,2-3,6H2,1H3. The Morgan fingerprint density at radius 1 is 1.54 bits per heavy atom. The number of hydrogen-bond donors (Lipinski definition) is 0. The van der Waals surface area contributed by atoms with Gasteiger partial charge < -0.3 is 4.57 Å². The van der Waals surface area contributed by atoms with E-state index in [2.05, 4.69) is 0 Å². The van der Waals surface area contributed by atoms with E-state index in [-0.39, 0.29) is 5.56 Å². The van der Waals surface area contributed by atoms with E-state index in [9.17, 15) is 4.79 Å². The Bertz CT molecular complexity index is 352. The summed E-state index contributed by atoms with van der Waals surface area (Å²) in [5, 5.41) is 0. The van der Waals surface area contributed by atoms with Crippen LogP contribution in [0.5, 0.6) is 0 Å². The van der Waals surface area contributed by atoms with Gasteiger partial charge in [0.2, 0.25) is 5.56 Å². The molecule has 0 radical (unpaired) electrons. The van der Waals surface area contributed by atoms with Crippen LogP contribution in [0, 0.1) is 0 Å². The van der Waals surface area contributed by atoms with Gasteiger partial charge in [-0.25, -0.2) is 0 Å². The lowest BCUT2D eigenvalue weighted by molar-refractivity contribution is 0.786. The van der Waals surface area contributed by atoms with Crippen molar-refractivity contribution in [3.8, 4) is 0 Å². The molecule has 13 heavy (non-hydrogen) atoms. The first-order valence-corrected chi connectivity index (χ1v) is 4.94. The van der Waals surface area contributed by atoms with Crippen LogP contribution < -0.4 is 5.56 Å². The largest absolute Gasteiger partial charge is 0.318 e. The molecule has 68 valence electrons. The van der Waals surface area contributed by atoms with Crippen molar-refractivity contribution in [2.75, 3.05) is 0 Å². The highest BCUT2D eigenvalue weighted by Crippen LogP contribution is 2.27. The van der Waals surface area contributed by atoms with Crippen LogP contribution in [0.25, 0.3) is 0 Å². The van der Waals surface area contributed by atoms with E-state index in [0.717, 1.165) is 0 Å². The number of nitrogens with zero attached hydrogens (tertiary/aromatic N) is 1. The minimum atomic E-state index is 0.0850. The maximum Gasteiger partial charge on any atom is 0.250 e. The Kier molecular flexibility index (Phi) is 2.25. The summed E-state index contributed by atoms with van der Waals surface area (Å²) in [6, 6.07) is 3.66. The van der Waals surface area contributed by atoms with Crippen molar-refractivity contribution in [1.82, 2.24) is 4.57 Å². The summed E-state index contributed by atoms with van der Waals surface area (Å²) in [6.07, 6.45) is 5.96. The minimum Gasteiger partial charge on any atom is -0.318 e. The SMILES string of the molecule is Cn1cc(C2BCCC2)ccc1=O. The van der Waals surface area contributed by atoms with Crippen LogP contribution in [0.2, 0.25) is 6.32 Å². The van der Waals surface area contributed by atoms with Gasteiger partial charge in [0, 0.05) is 19.3 Å². The first-order chi connectivity index (χ1) is 6.27. The molecule has 1 fully saturated rings. The van der Waals surface area contributed by atoms with Crippen molar-refractivity contribution in [3.63, 3.8) is 0 Å². The zero-order valence-electron chi connectivity index (χ0n) is 7.99. The fraction of sp³-hybridized carbons (Fsp3) is 0.500. The van der Waals surface area contributed by atoms with E-state index in [4.69, 9.17) is 0 Å². The molecule has 0 bridgehead atoms. The molecule has 0 N–H and O–H groups in total. The van der Waals surface area contributed by atoms with Gasteiger partial charge in [-0.2, -0.15) is 0 Å². The van der Waals surface area contributed by atoms with E-state index in [1.54, 1.807) is 10.6 Å². The van der Waals surface area contributed by atoms with Crippen molar-refractivity contribution in [3.05, 3.63) is 34.2 Å². The minimum absolute atomic E-state index is 0.0850. The number of rotatable bonds is 1. The van der Waals surface area contributed by atoms with Crippen molar-refractivity contribution in [1.29, 1.82) is 0 Å². The van der Waals surface area contributed by atoms with E-state index >= 15 is 0 Å². The third-order valence-corrected chi connectivity index (χ3v) is 2.94. The summed E-state index contributed by atoms with van der Waals surface area (Å²) in [7, 11) is 3.11. The molecule has 0 amide bonds. The second-order valence-corrected chi connectivity index (χ2v) is 3.89. The second-order valence-electron chi connectivity index (χ2n) is 3.89. The van der Waals surface area contributed by atoms with Crippen LogP contribution >= 0.6 is 0 Å². The summed E-state index contributed by atoms with van der Waals surface area (Å²) < 4.78 is 1.67. The molecule has 0 spiro atoms. The Morgan fingerprint density at radius 2 is 2.38 bits per heavy atom. The van der Waals surface area contributed by atoms with Gasteiger partial charge in [0.15, 0.2) is 0 Å². The maximum atomic E-state index is 11.1. The molecular formula is C10H14BNO. The average molecular weight is 175 g/mol. The molecule has 0 aliphatic carbocycles. The first kappa shape index (κ1) is 8.61. The quantitative estimate of drug-likeness (QED) is 0.585. The van der Waals surface area contributed by atoms with Crippen LogP contribution in [0.1, 0.15) is 24.2 Å². The molecule has 1 aromatic rings. The monoisotopic (exact) mass is 175 g/mol. The van der Waals surface area contributed by atoms with Crippen molar-refractivity contribution >= 4 is 7.28 Å². The van der Waals surface area contributed by atoms with E-state index in [0.29, 0.717) is 5.82 Å².